The number of thiocarbonyl (C=S) groups is 1. The van der Waals surface area contributed by atoms with Gasteiger partial charge in [0.25, 0.3) is 0 Å². The van der Waals surface area contributed by atoms with E-state index in [0.29, 0.717) is 6.61 Å². The van der Waals surface area contributed by atoms with Gasteiger partial charge >= 0.3 is 0 Å². The summed E-state index contributed by atoms with van der Waals surface area (Å²) < 4.78 is 5.56. The van der Waals surface area contributed by atoms with Gasteiger partial charge in [-0.05, 0) is 30.8 Å². The number of rotatable bonds is 5. The number of ether oxygens (including phenoxy) is 1. The third-order valence-electron chi connectivity index (χ3n) is 1.76. The first-order chi connectivity index (χ1) is 7.74. The van der Waals surface area contributed by atoms with Crippen LogP contribution in [0, 0.1) is 0 Å². The van der Waals surface area contributed by atoms with Crippen molar-refractivity contribution in [2.75, 3.05) is 6.61 Å². The molecule has 1 aromatic rings. The molecule has 0 aliphatic rings. The van der Waals surface area contributed by atoms with E-state index in [2.05, 4.69) is 29.7 Å². The quantitative estimate of drug-likeness (QED) is 0.464. The van der Waals surface area contributed by atoms with Gasteiger partial charge in [-0.25, -0.2) is 0 Å². The molecule has 1 rings (SSSR count). The lowest BCUT2D eigenvalue weighted by Gasteiger charge is -2.07. The van der Waals surface area contributed by atoms with Crippen molar-refractivity contribution in [1.29, 1.82) is 0 Å². The summed E-state index contributed by atoms with van der Waals surface area (Å²) in [5.41, 5.74) is 8.64. The van der Waals surface area contributed by atoms with Crippen molar-refractivity contribution >= 4 is 23.5 Å². The number of benzene rings is 1. The van der Waals surface area contributed by atoms with Gasteiger partial charge in [-0.15, -0.1) is 0 Å². The van der Waals surface area contributed by atoms with Crippen LogP contribution in [0.5, 0.6) is 5.75 Å². The minimum Gasteiger partial charge on any atom is -0.493 e. The summed E-state index contributed by atoms with van der Waals surface area (Å²) in [6.07, 6.45) is 2.60. The van der Waals surface area contributed by atoms with Crippen molar-refractivity contribution in [2.24, 2.45) is 10.8 Å². The number of nitrogens with zero attached hydrogens (tertiary/aromatic N) is 1. The fourth-order valence-electron chi connectivity index (χ4n) is 1.10. The van der Waals surface area contributed by atoms with E-state index in [9.17, 15) is 0 Å². The molecule has 0 saturated carbocycles. The molecule has 1 aromatic carbocycles. The molecule has 86 valence electrons. The summed E-state index contributed by atoms with van der Waals surface area (Å²) in [5.74, 6) is 0.804. The molecular weight excluding hydrogens is 222 g/mol. The maximum Gasteiger partial charge on any atom is 0.184 e. The van der Waals surface area contributed by atoms with Crippen molar-refractivity contribution in [1.82, 2.24) is 5.43 Å². The molecule has 3 N–H and O–H groups in total. The molecule has 0 fully saturated rings. The van der Waals surface area contributed by atoms with Crippen molar-refractivity contribution in [3.8, 4) is 5.75 Å². The molecular formula is C11H15N3OS. The molecule has 0 heterocycles. The third-order valence-corrected chi connectivity index (χ3v) is 1.85. The molecule has 0 saturated heterocycles. The van der Waals surface area contributed by atoms with Crippen LogP contribution < -0.4 is 15.9 Å². The van der Waals surface area contributed by atoms with Gasteiger partial charge in [-0.3, -0.25) is 5.43 Å². The summed E-state index contributed by atoms with van der Waals surface area (Å²) in [6.45, 7) is 2.75. The molecule has 16 heavy (non-hydrogen) atoms. The first-order valence-corrected chi connectivity index (χ1v) is 5.45. The van der Waals surface area contributed by atoms with Crippen LogP contribution in [0.2, 0.25) is 0 Å². The monoisotopic (exact) mass is 237 g/mol. The molecule has 0 unspecified atom stereocenters. The fraction of sp³-hybridized carbons (Fsp3) is 0.273. The molecule has 0 radical (unpaired) electrons. The van der Waals surface area contributed by atoms with E-state index >= 15 is 0 Å². The van der Waals surface area contributed by atoms with Gasteiger partial charge in [0.15, 0.2) is 5.11 Å². The molecule has 0 aliphatic heterocycles. The minimum absolute atomic E-state index is 0.142. The van der Waals surface area contributed by atoms with Gasteiger partial charge in [0.05, 0.1) is 12.8 Å². The van der Waals surface area contributed by atoms with E-state index in [1.807, 2.05) is 24.3 Å². The Morgan fingerprint density at radius 2 is 2.31 bits per heavy atom. The van der Waals surface area contributed by atoms with Crippen molar-refractivity contribution < 1.29 is 4.74 Å². The molecule has 4 nitrogen and oxygen atoms in total. The summed E-state index contributed by atoms with van der Waals surface area (Å²) in [4.78, 5) is 0. The van der Waals surface area contributed by atoms with E-state index < -0.39 is 0 Å². The highest BCUT2D eigenvalue weighted by atomic mass is 32.1. The number of hydrogen-bond donors (Lipinski definition) is 2. The number of hydrogen-bond acceptors (Lipinski definition) is 3. The number of para-hydroxylation sites is 1. The van der Waals surface area contributed by atoms with E-state index in [1.54, 1.807) is 6.21 Å². The zero-order valence-corrected chi connectivity index (χ0v) is 9.96. The van der Waals surface area contributed by atoms with Crippen molar-refractivity contribution in [3.63, 3.8) is 0 Å². The Morgan fingerprint density at radius 3 is 3.00 bits per heavy atom. The molecule has 0 amide bonds. The van der Waals surface area contributed by atoms with Crippen LogP contribution in [-0.4, -0.2) is 17.9 Å². The molecule has 0 aliphatic carbocycles. The average Bonchev–Trinajstić information content (AvgIpc) is 2.27. The lowest BCUT2D eigenvalue weighted by molar-refractivity contribution is 0.317. The predicted octanol–water partition coefficient (Wildman–Crippen LogP) is 1.64. The zero-order valence-electron chi connectivity index (χ0n) is 9.14. The van der Waals surface area contributed by atoms with Crippen LogP contribution in [0.3, 0.4) is 0 Å². The lowest BCUT2D eigenvalue weighted by atomic mass is 10.2. The zero-order chi connectivity index (χ0) is 11.8. The maximum absolute atomic E-state index is 5.56. The van der Waals surface area contributed by atoms with E-state index in [1.165, 1.54) is 0 Å². The van der Waals surface area contributed by atoms with Gasteiger partial charge in [0, 0.05) is 5.56 Å². The van der Waals surface area contributed by atoms with Gasteiger partial charge in [-0.1, -0.05) is 19.1 Å². The Kier molecular flexibility index (Phi) is 5.28. The Hall–Kier alpha value is -1.62. The van der Waals surface area contributed by atoms with Crippen LogP contribution >= 0.6 is 12.2 Å². The largest absolute Gasteiger partial charge is 0.493 e. The summed E-state index contributed by atoms with van der Waals surface area (Å²) >= 11 is 4.64. The van der Waals surface area contributed by atoms with Gasteiger partial charge in [0.2, 0.25) is 0 Å². The summed E-state index contributed by atoms with van der Waals surface area (Å²) in [6, 6.07) is 7.65. The summed E-state index contributed by atoms with van der Waals surface area (Å²) in [5, 5.41) is 4.03. The molecule has 0 atom stereocenters. The van der Waals surface area contributed by atoms with Gasteiger partial charge in [-0.2, -0.15) is 5.10 Å². The Morgan fingerprint density at radius 1 is 1.56 bits per heavy atom. The molecule has 0 spiro atoms. The van der Waals surface area contributed by atoms with E-state index in [-0.39, 0.29) is 5.11 Å². The number of nitrogens with one attached hydrogen (secondary N) is 1. The maximum atomic E-state index is 5.56. The fourth-order valence-corrected chi connectivity index (χ4v) is 1.15. The topological polar surface area (TPSA) is 59.6 Å². The summed E-state index contributed by atoms with van der Waals surface area (Å²) in [7, 11) is 0. The highest BCUT2D eigenvalue weighted by Crippen LogP contribution is 2.15. The predicted molar refractivity (Wildman–Crippen MR) is 69.7 cm³/mol. The highest BCUT2D eigenvalue weighted by Gasteiger charge is 1.98. The Balaban J connectivity index is 2.70. The lowest BCUT2D eigenvalue weighted by Crippen LogP contribution is -2.24. The van der Waals surface area contributed by atoms with Crippen LogP contribution in [0.4, 0.5) is 0 Å². The van der Waals surface area contributed by atoms with Crippen LogP contribution in [-0.2, 0) is 0 Å². The Bertz CT molecular complexity index is 379. The van der Waals surface area contributed by atoms with Gasteiger partial charge < -0.3 is 10.5 Å². The van der Waals surface area contributed by atoms with E-state index in [0.717, 1.165) is 17.7 Å². The molecule has 0 aromatic heterocycles. The number of nitrogens with two attached hydrogens (primary N) is 1. The smallest absolute Gasteiger partial charge is 0.184 e. The van der Waals surface area contributed by atoms with Crippen molar-refractivity contribution in [2.45, 2.75) is 13.3 Å². The van der Waals surface area contributed by atoms with Crippen LogP contribution in [0.25, 0.3) is 0 Å². The second kappa shape index (κ2) is 6.79. The standard InChI is InChI=1S/C11H15N3OS/c1-2-7-15-10-6-4-3-5-9(10)8-13-14-11(12)16/h3-6,8H,2,7H2,1H3,(H3,12,14,16). The van der Waals surface area contributed by atoms with Crippen LogP contribution in [0.15, 0.2) is 29.4 Å². The van der Waals surface area contributed by atoms with Crippen molar-refractivity contribution in [3.05, 3.63) is 29.8 Å². The normalized spacial score (nSPS) is 10.3. The Labute approximate surface area is 100 Å². The van der Waals surface area contributed by atoms with Gasteiger partial charge in [0.1, 0.15) is 5.75 Å². The van der Waals surface area contributed by atoms with E-state index in [4.69, 9.17) is 10.5 Å². The second-order valence-electron chi connectivity index (χ2n) is 3.12. The number of hydrazone groups is 1. The molecule has 5 heteroatoms. The first kappa shape index (κ1) is 12.4. The first-order valence-electron chi connectivity index (χ1n) is 5.04. The van der Waals surface area contributed by atoms with Crippen LogP contribution in [0.1, 0.15) is 18.9 Å². The SMILES string of the molecule is CCCOc1ccccc1C=NNC(N)=S. The second-order valence-corrected chi connectivity index (χ2v) is 3.56. The minimum atomic E-state index is 0.142. The molecule has 0 bridgehead atoms. The third kappa shape index (κ3) is 4.27. The average molecular weight is 237 g/mol. The highest BCUT2D eigenvalue weighted by molar-refractivity contribution is 7.80.